The van der Waals surface area contributed by atoms with Crippen LogP contribution in [0.15, 0.2) is 42.5 Å². The van der Waals surface area contributed by atoms with E-state index in [1.54, 1.807) is 12.1 Å². The fourth-order valence-electron chi connectivity index (χ4n) is 4.55. The van der Waals surface area contributed by atoms with E-state index >= 15 is 0 Å². The number of anilines is 2. The molecular formula is C23H28FN3O. The highest BCUT2D eigenvalue weighted by atomic mass is 19.1. The fraction of sp³-hybridized carbons (Fsp3) is 0.435. The van der Waals surface area contributed by atoms with Gasteiger partial charge in [0.2, 0.25) is 0 Å². The number of nitrogens with one attached hydrogen (secondary N) is 1. The van der Waals surface area contributed by atoms with E-state index in [-0.39, 0.29) is 5.91 Å². The van der Waals surface area contributed by atoms with Crippen molar-refractivity contribution in [1.82, 2.24) is 4.90 Å². The Labute approximate surface area is 166 Å². The van der Waals surface area contributed by atoms with Gasteiger partial charge in [0.25, 0.3) is 5.91 Å². The summed E-state index contributed by atoms with van der Waals surface area (Å²) in [5, 5.41) is 2.90. The summed E-state index contributed by atoms with van der Waals surface area (Å²) in [5.74, 6) is -0.699. The first-order chi connectivity index (χ1) is 13.5. The molecule has 1 N–H and O–H groups in total. The van der Waals surface area contributed by atoms with Crippen LogP contribution in [0.5, 0.6) is 0 Å². The normalized spacial score (nSPS) is 22.6. The molecule has 0 spiro atoms. The van der Waals surface area contributed by atoms with Gasteiger partial charge in [0.1, 0.15) is 5.82 Å². The molecule has 2 fully saturated rings. The van der Waals surface area contributed by atoms with Crippen LogP contribution in [0.2, 0.25) is 0 Å². The molecule has 0 aromatic heterocycles. The first-order valence-corrected chi connectivity index (χ1v) is 10.2. The van der Waals surface area contributed by atoms with Crippen molar-refractivity contribution >= 4 is 17.3 Å². The Balaban J connectivity index is 1.42. The molecule has 0 bridgehead atoms. The SMILES string of the molecule is Cc1cc(N2CCC(N3CCCC3C)C2)ccc1NC(=O)c1cccc(F)c1. The lowest BCUT2D eigenvalue weighted by molar-refractivity contribution is 0.102. The van der Waals surface area contributed by atoms with Crippen molar-refractivity contribution in [2.45, 2.75) is 45.2 Å². The van der Waals surface area contributed by atoms with E-state index in [1.165, 1.54) is 43.6 Å². The number of nitrogens with zero attached hydrogens (tertiary/aromatic N) is 2. The quantitative estimate of drug-likeness (QED) is 0.850. The molecule has 2 aliphatic rings. The predicted molar refractivity (Wildman–Crippen MR) is 112 cm³/mol. The third-order valence-electron chi connectivity index (χ3n) is 6.15. The molecule has 4 rings (SSSR count). The standard InChI is InChI=1S/C23H28FN3O/c1-16-13-20(26-12-10-21(15-26)27-11-4-5-17(27)2)8-9-22(16)25-23(28)18-6-3-7-19(24)14-18/h3,6-9,13-14,17,21H,4-5,10-12,15H2,1-2H3,(H,25,28). The minimum Gasteiger partial charge on any atom is -0.370 e. The first-order valence-electron chi connectivity index (χ1n) is 10.2. The minimum atomic E-state index is -0.407. The molecule has 28 heavy (non-hydrogen) atoms. The Hall–Kier alpha value is -2.40. The third kappa shape index (κ3) is 3.90. The molecule has 2 unspecified atom stereocenters. The molecule has 1 amide bonds. The summed E-state index contributed by atoms with van der Waals surface area (Å²) >= 11 is 0. The van der Waals surface area contributed by atoms with Gasteiger partial charge < -0.3 is 10.2 Å². The van der Waals surface area contributed by atoms with Gasteiger partial charge in [-0.2, -0.15) is 0 Å². The molecule has 2 aliphatic heterocycles. The Morgan fingerprint density at radius 1 is 1.14 bits per heavy atom. The van der Waals surface area contributed by atoms with Gasteiger partial charge in [-0.15, -0.1) is 0 Å². The summed E-state index contributed by atoms with van der Waals surface area (Å²) in [6.45, 7) is 7.71. The minimum absolute atomic E-state index is 0.292. The molecule has 2 heterocycles. The number of carbonyl (C=O) groups is 1. The second-order valence-corrected chi connectivity index (χ2v) is 8.08. The number of hydrogen-bond donors (Lipinski definition) is 1. The van der Waals surface area contributed by atoms with E-state index in [4.69, 9.17) is 0 Å². The number of hydrogen-bond acceptors (Lipinski definition) is 3. The van der Waals surface area contributed by atoms with Crippen molar-refractivity contribution in [2.24, 2.45) is 0 Å². The molecule has 2 aromatic carbocycles. The maximum atomic E-state index is 13.4. The lowest BCUT2D eigenvalue weighted by atomic mass is 10.1. The topological polar surface area (TPSA) is 35.6 Å². The number of rotatable bonds is 4. The van der Waals surface area contributed by atoms with Gasteiger partial charge in [0.05, 0.1) is 0 Å². The highest BCUT2D eigenvalue weighted by Gasteiger charge is 2.32. The number of aryl methyl sites for hydroxylation is 1. The number of likely N-dealkylation sites (tertiary alicyclic amines) is 1. The van der Waals surface area contributed by atoms with E-state index in [2.05, 4.69) is 34.2 Å². The summed E-state index contributed by atoms with van der Waals surface area (Å²) in [4.78, 5) is 17.5. The maximum absolute atomic E-state index is 13.4. The highest BCUT2D eigenvalue weighted by molar-refractivity contribution is 6.04. The lowest BCUT2D eigenvalue weighted by Gasteiger charge is -2.28. The van der Waals surface area contributed by atoms with E-state index in [1.807, 2.05) is 13.0 Å². The molecule has 2 aromatic rings. The largest absolute Gasteiger partial charge is 0.370 e. The number of benzene rings is 2. The highest BCUT2D eigenvalue weighted by Crippen LogP contribution is 2.30. The van der Waals surface area contributed by atoms with Gasteiger partial charge >= 0.3 is 0 Å². The summed E-state index contributed by atoms with van der Waals surface area (Å²) < 4.78 is 13.4. The summed E-state index contributed by atoms with van der Waals surface area (Å²) in [7, 11) is 0. The maximum Gasteiger partial charge on any atom is 0.255 e. The fourth-order valence-corrected chi connectivity index (χ4v) is 4.55. The Morgan fingerprint density at radius 2 is 2.00 bits per heavy atom. The molecular weight excluding hydrogens is 353 g/mol. The molecule has 0 saturated carbocycles. The summed E-state index contributed by atoms with van der Waals surface area (Å²) in [6.07, 6.45) is 3.84. The van der Waals surface area contributed by atoms with Crippen molar-refractivity contribution in [3.05, 3.63) is 59.4 Å². The number of halogens is 1. The average Bonchev–Trinajstić information content (AvgIpc) is 3.32. The molecule has 0 radical (unpaired) electrons. The van der Waals surface area contributed by atoms with Crippen LogP contribution in [0.3, 0.4) is 0 Å². The van der Waals surface area contributed by atoms with Crippen molar-refractivity contribution in [2.75, 3.05) is 29.9 Å². The average molecular weight is 381 g/mol. The van der Waals surface area contributed by atoms with Crippen LogP contribution >= 0.6 is 0 Å². The van der Waals surface area contributed by atoms with Gasteiger partial charge in [-0.05, 0) is 81.6 Å². The smallest absolute Gasteiger partial charge is 0.255 e. The zero-order chi connectivity index (χ0) is 19.7. The van der Waals surface area contributed by atoms with Crippen LogP contribution in [0.25, 0.3) is 0 Å². The second kappa shape index (κ2) is 7.92. The van der Waals surface area contributed by atoms with Crippen molar-refractivity contribution < 1.29 is 9.18 Å². The van der Waals surface area contributed by atoms with Crippen LogP contribution in [0.1, 0.15) is 42.1 Å². The molecule has 2 saturated heterocycles. The lowest BCUT2D eigenvalue weighted by Crippen LogP contribution is -2.39. The Morgan fingerprint density at radius 3 is 2.71 bits per heavy atom. The van der Waals surface area contributed by atoms with Crippen molar-refractivity contribution in [3.63, 3.8) is 0 Å². The first kappa shape index (κ1) is 18.9. The van der Waals surface area contributed by atoms with Crippen molar-refractivity contribution in [1.29, 1.82) is 0 Å². The van der Waals surface area contributed by atoms with E-state index in [9.17, 15) is 9.18 Å². The number of carbonyl (C=O) groups excluding carboxylic acids is 1. The number of amides is 1. The van der Waals surface area contributed by atoms with Crippen LogP contribution < -0.4 is 10.2 Å². The van der Waals surface area contributed by atoms with Gasteiger partial charge in [-0.25, -0.2) is 4.39 Å². The predicted octanol–water partition coefficient (Wildman–Crippen LogP) is 4.45. The summed E-state index contributed by atoms with van der Waals surface area (Å²) in [6, 6.07) is 13.3. The van der Waals surface area contributed by atoms with Gasteiger partial charge in [0.15, 0.2) is 0 Å². The van der Waals surface area contributed by atoms with Crippen LogP contribution in [-0.4, -0.2) is 42.5 Å². The molecule has 5 heteroatoms. The van der Waals surface area contributed by atoms with Gasteiger partial charge in [-0.1, -0.05) is 6.07 Å². The van der Waals surface area contributed by atoms with Crippen LogP contribution in [0, 0.1) is 12.7 Å². The molecule has 0 aliphatic carbocycles. The molecule has 4 nitrogen and oxygen atoms in total. The van der Waals surface area contributed by atoms with E-state index in [0.29, 0.717) is 17.6 Å². The Bertz CT molecular complexity index is 869. The van der Waals surface area contributed by atoms with E-state index in [0.717, 1.165) is 24.3 Å². The van der Waals surface area contributed by atoms with Crippen molar-refractivity contribution in [3.8, 4) is 0 Å². The Kier molecular flexibility index (Phi) is 5.36. The molecule has 148 valence electrons. The second-order valence-electron chi connectivity index (χ2n) is 8.08. The zero-order valence-corrected chi connectivity index (χ0v) is 16.6. The zero-order valence-electron chi connectivity index (χ0n) is 16.6. The van der Waals surface area contributed by atoms with Crippen LogP contribution in [-0.2, 0) is 0 Å². The summed E-state index contributed by atoms with van der Waals surface area (Å²) in [5.41, 5.74) is 3.31. The van der Waals surface area contributed by atoms with Gasteiger partial charge in [-0.3, -0.25) is 9.69 Å². The monoisotopic (exact) mass is 381 g/mol. The van der Waals surface area contributed by atoms with E-state index < -0.39 is 5.82 Å². The molecule has 2 atom stereocenters. The third-order valence-corrected chi connectivity index (χ3v) is 6.15. The van der Waals surface area contributed by atoms with Gasteiger partial charge in [0, 0.05) is 42.1 Å². The van der Waals surface area contributed by atoms with Crippen LogP contribution in [0.4, 0.5) is 15.8 Å².